The van der Waals surface area contributed by atoms with E-state index in [1.54, 1.807) is 30.1 Å². The standard InChI is InChI=1S/C12H14FN3O2/c1-17-7-6-16-8-14-15-12(16)11-9(13)4-3-5-10(11)18-2/h3-5,8H,6-7H2,1-2H3. The van der Waals surface area contributed by atoms with E-state index in [0.717, 1.165) is 0 Å². The van der Waals surface area contributed by atoms with Gasteiger partial charge in [0, 0.05) is 13.7 Å². The first-order valence-corrected chi connectivity index (χ1v) is 5.47. The third-order valence-corrected chi connectivity index (χ3v) is 2.57. The molecular formula is C12H14FN3O2. The second-order valence-electron chi connectivity index (χ2n) is 3.66. The molecule has 0 atom stereocenters. The summed E-state index contributed by atoms with van der Waals surface area (Å²) >= 11 is 0. The SMILES string of the molecule is COCCn1cnnc1-c1c(F)cccc1OC. The van der Waals surface area contributed by atoms with Gasteiger partial charge < -0.3 is 14.0 Å². The molecule has 1 heterocycles. The fraction of sp³-hybridized carbons (Fsp3) is 0.333. The van der Waals surface area contributed by atoms with Gasteiger partial charge in [-0.2, -0.15) is 0 Å². The van der Waals surface area contributed by atoms with E-state index >= 15 is 0 Å². The van der Waals surface area contributed by atoms with E-state index in [9.17, 15) is 4.39 Å². The summed E-state index contributed by atoms with van der Waals surface area (Å²) in [6.45, 7) is 1.05. The maximum atomic E-state index is 13.9. The molecular weight excluding hydrogens is 237 g/mol. The molecule has 0 bridgehead atoms. The Labute approximate surface area is 104 Å². The Bertz CT molecular complexity index is 528. The number of halogens is 1. The summed E-state index contributed by atoms with van der Waals surface area (Å²) in [7, 11) is 3.10. The van der Waals surface area contributed by atoms with Crippen molar-refractivity contribution in [1.82, 2.24) is 14.8 Å². The Balaban J connectivity index is 2.45. The van der Waals surface area contributed by atoms with Gasteiger partial charge in [-0.05, 0) is 12.1 Å². The van der Waals surface area contributed by atoms with Gasteiger partial charge in [0.25, 0.3) is 0 Å². The van der Waals surface area contributed by atoms with Crippen molar-refractivity contribution in [3.63, 3.8) is 0 Å². The summed E-state index contributed by atoms with van der Waals surface area (Å²) < 4.78 is 25.8. The van der Waals surface area contributed by atoms with E-state index in [0.29, 0.717) is 30.3 Å². The first kappa shape index (κ1) is 12.5. The van der Waals surface area contributed by atoms with E-state index in [1.165, 1.54) is 13.2 Å². The number of aromatic nitrogens is 3. The van der Waals surface area contributed by atoms with Crippen LogP contribution >= 0.6 is 0 Å². The van der Waals surface area contributed by atoms with Crippen LogP contribution in [0.5, 0.6) is 5.75 Å². The van der Waals surface area contributed by atoms with Gasteiger partial charge in [0.1, 0.15) is 17.9 Å². The van der Waals surface area contributed by atoms with Gasteiger partial charge in [-0.15, -0.1) is 10.2 Å². The molecule has 0 aliphatic heterocycles. The monoisotopic (exact) mass is 251 g/mol. The van der Waals surface area contributed by atoms with Crippen molar-refractivity contribution < 1.29 is 13.9 Å². The van der Waals surface area contributed by atoms with E-state index in [4.69, 9.17) is 9.47 Å². The number of ether oxygens (including phenoxy) is 2. The molecule has 0 aliphatic carbocycles. The Morgan fingerprint density at radius 1 is 1.33 bits per heavy atom. The summed E-state index contributed by atoms with van der Waals surface area (Å²) in [5, 5.41) is 7.75. The van der Waals surface area contributed by atoms with E-state index in [-0.39, 0.29) is 5.82 Å². The van der Waals surface area contributed by atoms with Crippen molar-refractivity contribution >= 4 is 0 Å². The van der Waals surface area contributed by atoms with Crippen LogP contribution in [0.2, 0.25) is 0 Å². The van der Waals surface area contributed by atoms with Gasteiger partial charge in [-0.3, -0.25) is 0 Å². The van der Waals surface area contributed by atoms with Crippen LogP contribution in [0.1, 0.15) is 0 Å². The predicted octanol–water partition coefficient (Wildman–Crippen LogP) is 1.74. The summed E-state index contributed by atoms with van der Waals surface area (Å²) in [6.07, 6.45) is 1.54. The first-order chi connectivity index (χ1) is 8.77. The molecule has 6 heteroatoms. The molecule has 5 nitrogen and oxygen atoms in total. The molecule has 2 rings (SSSR count). The maximum Gasteiger partial charge on any atom is 0.170 e. The molecule has 18 heavy (non-hydrogen) atoms. The van der Waals surface area contributed by atoms with Crippen molar-refractivity contribution in [3.8, 4) is 17.1 Å². The van der Waals surface area contributed by atoms with Crippen LogP contribution in [-0.4, -0.2) is 35.6 Å². The highest BCUT2D eigenvalue weighted by molar-refractivity contribution is 5.64. The van der Waals surface area contributed by atoms with Crippen LogP contribution in [0.4, 0.5) is 4.39 Å². The van der Waals surface area contributed by atoms with Gasteiger partial charge >= 0.3 is 0 Å². The second kappa shape index (κ2) is 5.59. The number of benzene rings is 1. The van der Waals surface area contributed by atoms with Crippen molar-refractivity contribution in [3.05, 3.63) is 30.3 Å². The molecule has 0 saturated carbocycles. The minimum absolute atomic E-state index is 0.314. The summed E-state index contributed by atoms with van der Waals surface area (Å²) in [4.78, 5) is 0. The lowest BCUT2D eigenvalue weighted by Crippen LogP contribution is -2.06. The lowest BCUT2D eigenvalue weighted by molar-refractivity contribution is 0.187. The van der Waals surface area contributed by atoms with E-state index in [1.807, 2.05) is 0 Å². The third-order valence-electron chi connectivity index (χ3n) is 2.57. The smallest absolute Gasteiger partial charge is 0.170 e. The van der Waals surface area contributed by atoms with Gasteiger partial charge in [0.15, 0.2) is 5.82 Å². The highest BCUT2D eigenvalue weighted by atomic mass is 19.1. The Kier molecular flexibility index (Phi) is 3.88. The lowest BCUT2D eigenvalue weighted by atomic mass is 10.1. The molecule has 0 amide bonds. The van der Waals surface area contributed by atoms with Crippen molar-refractivity contribution in [2.45, 2.75) is 6.54 Å². The zero-order valence-corrected chi connectivity index (χ0v) is 10.3. The Morgan fingerprint density at radius 2 is 2.17 bits per heavy atom. The molecule has 0 spiro atoms. The van der Waals surface area contributed by atoms with Gasteiger partial charge in [-0.1, -0.05) is 6.07 Å². The third kappa shape index (κ3) is 2.33. The molecule has 0 fully saturated rings. The summed E-state index contributed by atoms with van der Waals surface area (Å²) in [6, 6.07) is 4.65. The van der Waals surface area contributed by atoms with Crippen molar-refractivity contribution in [2.75, 3.05) is 20.8 Å². The first-order valence-electron chi connectivity index (χ1n) is 5.47. The van der Waals surface area contributed by atoms with Gasteiger partial charge in [0.2, 0.25) is 0 Å². The molecule has 1 aromatic carbocycles. The molecule has 2 aromatic rings. The fourth-order valence-corrected chi connectivity index (χ4v) is 1.69. The Morgan fingerprint density at radius 3 is 2.89 bits per heavy atom. The van der Waals surface area contributed by atoms with E-state index in [2.05, 4.69) is 10.2 Å². The van der Waals surface area contributed by atoms with Gasteiger partial charge in [0.05, 0.1) is 19.3 Å². The molecule has 0 radical (unpaired) electrons. The molecule has 0 N–H and O–H groups in total. The Hall–Kier alpha value is -1.95. The molecule has 96 valence electrons. The quantitative estimate of drug-likeness (QED) is 0.812. The number of nitrogens with zero attached hydrogens (tertiary/aromatic N) is 3. The lowest BCUT2D eigenvalue weighted by Gasteiger charge is -2.10. The average molecular weight is 251 g/mol. The van der Waals surface area contributed by atoms with Crippen LogP contribution < -0.4 is 4.74 Å². The maximum absolute atomic E-state index is 13.9. The predicted molar refractivity (Wildman–Crippen MR) is 63.8 cm³/mol. The average Bonchev–Trinajstić information content (AvgIpc) is 2.83. The van der Waals surface area contributed by atoms with Crippen molar-refractivity contribution in [2.24, 2.45) is 0 Å². The summed E-state index contributed by atoms with van der Waals surface area (Å²) in [5.41, 5.74) is 0.314. The zero-order chi connectivity index (χ0) is 13.0. The number of hydrogen-bond acceptors (Lipinski definition) is 4. The van der Waals surface area contributed by atoms with E-state index < -0.39 is 0 Å². The van der Waals surface area contributed by atoms with Crippen LogP contribution in [0.15, 0.2) is 24.5 Å². The second-order valence-corrected chi connectivity index (χ2v) is 3.66. The van der Waals surface area contributed by atoms with Crippen LogP contribution in [0, 0.1) is 5.82 Å². The molecule has 0 aliphatic rings. The molecule has 0 unspecified atom stereocenters. The van der Waals surface area contributed by atoms with Crippen LogP contribution in [-0.2, 0) is 11.3 Å². The van der Waals surface area contributed by atoms with Crippen molar-refractivity contribution in [1.29, 1.82) is 0 Å². The minimum Gasteiger partial charge on any atom is -0.496 e. The normalized spacial score (nSPS) is 10.6. The largest absolute Gasteiger partial charge is 0.496 e. The molecule has 0 saturated heterocycles. The number of hydrogen-bond donors (Lipinski definition) is 0. The fourth-order valence-electron chi connectivity index (χ4n) is 1.69. The number of methoxy groups -OCH3 is 2. The minimum atomic E-state index is -0.388. The van der Waals surface area contributed by atoms with Crippen LogP contribution in [0.3, 0.4) is 0 Å². The highest BCUT2D eigenvalue weighted by Gasteiger charge is 2.17. The zero-order valence-electron chi connectivity index (χ0n) is 10.3. The topological polar surface area (TPSA) is 49.2 Å². The number of rotatable bonds is 5. The highest BCUT2D eigenvalue weighted by Crippen LogP contribution is 2.30. The van der Waals surface area contributed by atoms with Gasteiger partial charge in [-0.25, -0.2) is 4.39 Å². The molecule has 1 aromatic heterocycles. The summed E-state index contributed by atoms with van der Waals surface area (Å²) in [5.74, 6) is 0.477. The van der Waals surface area contributed by atoms with Crippen LogP contribution in [0.25, 0.3) is 11.4 Å².